The van der Waals surface area contributed by atoms with Crippen LogP contribution in [0.1, 0.15) is 57.9 Å². The largest absolute Gasteiger partial charge is 0.317 e. The van der Waals surface area contributed by atoms with E-state index in [0.29, 0.717) is 0 Å². The van der Waals surface area contributed by atoms with Gasteiger partial charge in [-0.05, 0) is 62.1 Å². The van der Waals surface area contributed by atoms with Crippen LogP contribution < -0.4 is 5.32 Å². The molecule has 120 valence electrons. The molecule has 1 aromatic heterocycles. The molecule has 1 N–H and O–H groups in total. The molecular formula is C18H33N3. The summed E-state index contributed by atoms with van der Waals surface area (Å²) in [5.74, 6) is 2.76. The molecule has 0 aliphatic heterocycles. The number of hydrogen-bond donors (Lipinski definition) is 1. The van der Waals surface area contributed by atoms with Crippen molar-refractivity contribution in [2.24, 2.45) is 24.8 Å². The molecule has 1 aliphatic rings. The summed E-state index contributed by atoms with van der Waals surface area (Å²) in [7, 11) is 2.01. The summed E-state index contributed by atoms with van der Waals surface area (Å²) < 4.78 is 1.92. The van der Waals surface area contributed by atoms with Crippen LogP contribution in [0.15, 0.2) is 12.4 Å². The molecule has 1 aliphatic carbocycles. The van der Waals surface area contributed by atoms with Crippen molar-refractivity contribution in [2.45, 2.75) is 58.8 Å². The molecule has 1 saturated carbocycles. The summed E-state index contributed by atoms with van der Waals surface area (Å²) in [6.07, 6.45) is 13.8. The van der Waals surface area contributed by atoms with Crippen molar-refractivity contribution in [2.75, 3.05) is 13.1 Å². The molecule has 21 heavy (non-hydrogen) atoms. The molecule has 0 saturated heterocycles. The number of nitrogens with one attached hydrogen (secondary N) is 1. The van der Waals surface area contributed by atoms with Crippen LogP contribution in [0.25, 0.3) is 0 Å². The monoisotopic (exact) mass is 291 g/mol. The highest BCUT2D eigenvalue weighted by Crippen LogP contribution is 2.38. The van der Waals surface area contributed by atoms with Gasteiger partial charge >= 0.3 is 0 Å². The lowest BCUT2D eigenvalue weighted by atomic mass is 9.71. The van der Waals surface area contributed by atoms with E-state index >= 15 is 0 Å². The molecule has 0 bridgehead atoms. The summed E-state index contributed by atoms with van der Waals surface area (Å²) in [4.78, 5) is 0. The first-order chi connectivity index (χ1) is 10.2. The van der Waals surface area contributed by atoms with Crippen LogP contribution in [0, 0.1) is 17.8 Å². The Morgan fingerprint density at radius 2 is 2.10 bits per heavy atom. The van der Waals surface area contributed by atoms with Gasteiger partial charge in [0.1, 0.15) is 0 Å². The maximum Gasteiger partial charge on any atom is 0.0521 e. The van der Waals surface area contributed by atoms with Crippen molar-refractivity contribution >= 4 is 0 Å². The van der Waals surface area contributed by atoms with Crippen LogP contribution in [0.3, 0.4) is 0 Å². The summed E-state index contributed by atoms with van der Waals surface area (Å²) >= 11 is 0. The van der Waals surface area contributed by atoms with Crippen molar-refractivity contribution < 1.29 is 0 Å². The van der Waals surface area contributed by atoms with Gasteiger partial charge in [-0.1, -0.05) is 33.1 Å². The summed E-state index contributed by atoms with van der Waals surface area (Å²) in [5.41, 5.74) is 1.40. The molecule has 3 unspecified atom stereocenters. The lowest BCUT2D eigenvalue weighted by molar-refractivity contribution is 0.160. The third-order valence-electron chi connectivity index (χ3n) is 5.16. The predicted octanol–water partition coefficient (Wildman–Crippen LogP) is 3.79. The van der Waals surface area contributed by atoms with E-state index in [1.165, 1.54) is 57.1 Å². The van der Waals surface area contributed by atoms with Gasteiger partial charge < -0.3 is 5.32 Å². The third-order valence-corrected chi connectivity index (χ3v) is 5.16. The molecule has 3 heteroatoms. The third kappa shape index (κ3) is 5.14. The SMILES string of the molecule is CCCC1CCC(CNCC)C(CCc2cnn(C)c2)C1. The molecule has 0 radical (unpaired) electrons. The molecular weight excluding hydrogens is 258 g/mol. The molecule has 0 aromatic carbocycles. The number of nitrogens with zero attached hydrogens (tertiary/aromatic N) is 2. The van der Waals surface area contributed by atoms with Gasteiger partial charge in [0.25, 0.3) is 0 Å². The average molecular weight is 291 g/mol. The minimum absolute atomic E-state index is 0.884. The highest BCUT2D eigenvalue weighted by molar-refractivity contribution is 5.04. The van der Waals surface area contributed by atoms with Crippen molar-refractivity contribution in [3.63, 3.8) is 0 Å². The second-order valence-corrected chi connectivity index (χ2v) is 6.86. The maximum atomic E-state index is 4.30. The molecule has 3 nitrogen and oxygen atoms in total. The molecule has 0 amide bonds. The first-order valence-corrected chi connectivity index (χ1v) is 8.91. The van der Waals surface area contributed by atoms with Crippen LogP contribution in [0.2, 0.25) is 0 Å². The van der Waals surface area contributed by atoms with Gasteiger partial charge in [0.15, 0.2) is 0 Å². The lowest BCUT2D eigenvalue weighted by Crippen LogP contribution is -2.33. The Hall–Kier alpha value is -0.830. The van der Waals surface area contributed by atoms with Crippen LogP contribution in [0.5, 0.6) is 0 Å². The van der Waals surface area contributed by atoms with Crippen LogP contribution in [0.4, 0.5) is 0 Å². The lowest BCUT2D eigenvalue weighted by Gasteiger charge is -2.36. The van der Waals surface area contributed by atoms with Gasteiger partial charge in [-0.15, -0.1) is 0 Å². The zero-order chi connectivity index (χ0) is 15.1. The fraction of sp³-hybridized carbons (Fsp3) is 0.833. The average Bonchev–Trinajstić information content (AvgIpc) is 2.90. The van der Waals surface area contributed by atoms with Gasteiger partial charge in [-0.3, -0.25) is 4.68 Å². The molecule has 2 rings (SSSR count). The standard InChI is InChI=1S/C18H33N3/c1-4-6-15-7-10-18(13-19-5-2)17(11-15)9-8-16-12-20-21(3)14-16/h12,14-15,17-19H,4-11,13H2,1-3H3. The van der Waals surface area contributed by atoms with Gasteiger partial charge in [0, 0.05) is 13.2 Å². The smallest absolute Gasteiger partial charge is 0.0521 e. The van der Waals surface area contributed by atoms with Crippen LogP contribution >= 0.6 is 0 Å². The highest BCUT2D eigenvalue weighted by Gasteiger charge is 2.29. The fourth-order valence-corrected chi connectivity index (χ4v) is 4.00. The Kier molecular flexibility index (Phi) is 6.75. The van der Waals surface area contributed by atoms with E-state index in [1.54, 1.807) is 0 Å². The van der Waals surface area contributed by atoms with Gasteiger partial charge in [0.2, 0.25) is 0 Å². The minimum Gasteiger partial charge on any atom is -0.317 e. The van der Waals surface area contributed by atoms with Crippen molar-refractivity contribution in [3.05, 3.63) is 18.0 Å². The van der Waals surface area contributed by atoms with E-state index in [2.05, 4.69) is 30.5 Å². The normalized spacial score (nSPS) is 26.1. The van der Waals surface area contributed by atoms with Crippen LogP contribution in [-0.2, 0) is 13.5 Å². The number of hydrogen-bond acceptors (Lipinski definition) is 2. The Bertz CT molecular complexity index is 399. The first kappa shape index (κ1) is 16.5. The first-order valence-electron chi connectivity index (χ1n) is 8.91. The molecule has 0 spiro atoms. The quantitative estimate of drug-likeness (QED) is 0.789. The van der Waals surface area contributed by atoms with Gasteiger partial charge in [0.05, 0.1) is 6.20 Å². The van der Waals surface area contributed by atoms with E-state index < -0.39 is 0 Å². The second-order valence-electron chi connectivity index (χ2n) is 6.86. The Labute approximate surface area is 130 Å². The Morgan fingerprint density at radius 3 is 2.76 bits per heavy atom. The maximum absolute atomic E-state index is 4.30. The van der Waals surface area contributed by atoms with E-state index in [1.807, 2.05) is 17.9 Å². The number of aryl methyl sites for hydroxylation is 2. The van der Waals surface area contributed by atoms with E-state index in [4.69, 9.17) is 0 Å². The molecule has 3 atom stereocenters. The van der Waals surface area contributed by atoms with Crippen molar-refractivity contribution in [1.29, 1.82) is 0 Å². The van der Waals surface area contributed by atoms with E-state index in [9.17, 15) is 0 Å². The van der Waals surface area contributed by atoms with Crippen molar-refractivity contribution in [3.8, 4) is 0 Å². The number of aromatic nitrogens is 2. The number of rotatable bonds is 8. The second kappa shape index (κ2) is 8.57. The summed E-state index contributed by atoms with van der Waals surface area (Å²) in [6, 6.07) is 0. The Morgan fingerprint density at radius 1 is 1.24 bits per heavy atom. The molecule has 1 fully saturated rings. The zero-order valence-corrected chi connectivity index (χ0v) is 14.1. The molecule has 1 aromatic rings. The molecule has 1 heterocycles. The Balaban J connectivity index is 1.88. The topological polar surface area (TPSA) is 29.9 Å². The zero-order valence-electron chi connectivity index (χ0n) is 14.1. The van der Waals surface area contributed by atoms with Crippen LogP contribution in [-0.4, -0.2) is 22.9 Å². The van der Waals surface area contributed by atoms with E-state index in [0.717, 1.165) is 24.3 Å². The predicted molar refractivity (Wildman–Crippen MR) is 89.3 cm³/mol. The minimum atomic E-state index is 0.884. The highest BCUT2D eigenvalue weighted by atomic mass is 15.2. The van der Waals surface area contributed by atoms with E-state index in [-0.39, 0.29) is 0 Å². The summed E-state index contributed by atoms with van der Waals surface area (Å²) in [5, 5.41) is 7.88. The summed E-state index contributed by atoms with van der Waals surface area (Å²) in [6.45, 7) is 6.86. The van der Waals surface area contributed by atoms with Crippen molar-refractivity contribution in [1.82, 2.24) is 15.1 Å². The fourth-order valence-electron chi connectivity index (χ4n) is 4.00. The van der Waals surface area contributed by atoms with Gasteiger partial charge in [-0.25, -0.2) is 0 Å². The van der Waals surface area contributed by atoms with Gasteiger partial charge in [-0.2, -0.15) is 5.10 Å².